The van der Waals surface area contributed by atoms with Gasteiger partial charge in [0.1, 0.15) is 6.33 Å². The Kier molecular flexibility index (Phi) is 4.08. The number of rotatable bonds is 2. The predicted octanol–water partition coefficient (Wildman–Crippen LogP) is 6.61. The molecule has 0 fully saturated rings. The Labute approximate surface area is 194 Å². The molecule has 0 atom stereocenters. The summed E-state index contributed by atoms with van der Waals surface area (Å²) in [5.74, 6) is 1.28. The van der Waals surface area contributed by atoms with Gasteiger partial charge in [0.05, 0.1) is 5.52 Å². The zero-order valence-electron chi connectivity index (χ0n) is 18.1. The maximum Gasteiger partial charge on any atom is 0.164 e. The molecule has 0 N–H and O–H groups in total. The highest BCUT2D eigenvalue weighted by Crippen LogP contribution is 2.41. The minimum Gasteiger partial charge on any atom is -0.265 e. The normalized spacial score (nSPS) is 11.5. The van der Waals surface area contributed by atoms with E-state index in [2.05, 4.69) is 75.6 Å². The van der Waals surface area contributed by atoms with Crippen LogP contribution in [0.15, 0.2) is 104 Å². The second-order valence-electron chi connectivity index (χ2n) is 8.21. The van der Waals surface area contributed by atoms with Gasteiger partial charge in [0.15, 0.2) is 11.6 Å². The molecule has 7 aromatic rings. The van der Waals surface area contributed by atoms with Crippen LogP contribution in [-0.2, 0) is 0 Å². The topological polar surface area (TPSA) is 64.5 Å². The van der Waals surface area contributed by atoms with Gasteiger partial charge in [-0.25, -0.2) is 15.0 Å². The van der Waals surface area contributed by atoms with Gasteiger partial charge in [0.25, 0.3) is 0 Å². The van der Waals surface area contributed by atoms with Crippen molar-refractivity contribution >= 4 is 43.2 Å². The fourth-order valence-corrected chi connectivity index (χ4v) is 4.88. The minimum absolute atomic E-state index is 0.629. The molecule has 0 amide bonds. The molecule has 0 saturated carbocycles. The summed E-state index contributed by atoms with van der Waals surface area (Å²) in [5.41, 5.74) is 2.91. The van der Waals surface area contributed by atoms with E-state index in [1.165, 1.54) is 10.8 Å². The fourth-order valence-electron chi connectivity index (χ4n) is 4.88. The van der Waals surface area contributed by atoms with Gasteiger partial charge in [-0.3, -0.25) is 9.97 Å². The summed E-state index contributed by atoms with van der Waals surface area (Å²) in [4.78, 5) is 22.7. The van der Waals surface area contributed by atoms with Crippen LogP contribution in [0.3, 0.4) is 0 Å². The zero-order chi connectivity index (χ0) is 22.5. The van der Waals surface area contributed by atoms with E-state index in [0.717, 1.165) is 43.6 Å². The Morgan fingerprint density at radius 1 is 0.500 bits per heavy atom. The Morgan fingerprint density at radius 3 is 2.06 bits per heavy atom. The van der Waals surface area contributed by atoms with Crippen molar-refractivity contribution < 1.29 is 0 Å². The number of hydrogen-bond acceptors (Lipinski definition) is 5. The summed E-state index contributed by atoms with van der Waals surface area (Å²) in [7, 11) is 0. The highest BCUT2D eigenvalue weighted by molar-refractivity contribution is 6.32. The Hall–Kier alpha value is -4.77. The molecule has 0 aliphatic heterocycles. The van der Waals surface area contributed by atoms with Gasteiger partial charge in [-0.2, -0.15) is 0 Å². The van der Waals surface area contributed by atoms with Crippen molar-refractivity contribution in [3.05, 3.63) is 104 Å². The van der Waals surface area contributed by atoms with Gasteiger partial charge in [0, 0.05) is 40.5 Å². The summed E-state index contributed by atoms with van der Waals surface area (Å²) >= 11 is 0. The van der Waals surface area contributed by atoms with E-state index in [4.69, 9.17) is 9.97 Å². The SMILES string of the molecule is c1ccc2c(c1)c(-c1ncnc(-c3ccncc3)n1)cc1c3ccccc3c3ncccc3c21. The molecule has 3 heterocycles. The molecule has 0 saturated heterocycles. The third-order valence-corrected chi connectivity index (χ3v) is 6.35. The van der Waals surface area contributed by atoms with Crippen LogP contribution in [0.1, 0.15) is 0 Å². The number of pyridine rings is 2. The molecular formula is C29H17N5. The van der Waals surface area contributed by atoms with Crippen molar-refractivity contribution in [2.24, 2.45) is 0 Å². The van der Waals surface area contributed by atoms with Crippen LogP contribution in [0.5, 0.6) is 0 Å². The monoisotopic (exact) mass is 435 g/mol. The third-order valence-electron chi connectivity index (χ3n) is 6.35. The molecule has 5 nitrogen and oxygen atoms in total. The number of nitrogens with zero attached hydrogens (tertiary/aromatic N) is 5. The van der Waals surface area contributed by atoms with Gasteiger partial charge in [-0.05, 0) is 51.2 Å². The first-order chi connectivity index (χ1) is 16.9. The maximum atomic E-state index is 4.85. The van der Waals surface area contributed by atoms with Crippen LogP contribution in [0.4, 0.5) is 0 Å². The quantitative estimate of drug-likeness (QED) is 0.286. The zero-order valence-corrected chi connectivity index (χ0v) is 18.1. The standard InChI is InChI=1S/C29H17N5/c1-3-8-21-19(6-1)25(29-33-17-32-28(34-29)18-11-14-30-15-12-18)16-24-20-7-2-4-9-22(20)27-23(26(21)24)10-5-13-31-27/h1-17H. The molecule has 4 aromatic carbocycles. The average molecular weight is 435 g/mol. The van der Waals surface area contributed by atoms with E-state index in [1.807, 2.05) is 24.4 Å². The Balaban J connectivity index is 1.64. The van der Waals surface area contributed by atoms with E-state index < -0.39 is 0 Å². The number of benzene rings is 4. The van der Waals surface area contributed by atoms with E-state index in [0.29, 0.717) is 11.6 Å². The third kappa shape index (κ3) is 2.77. The van der Waals surface area contributed by atoms with Crippen molar-refractivity contribution in [2.45, 2.75) is 0 Å². The Morgan fingerprint density at radius 2 is 1.21 bits per heavy atom. The molecule has 3 aromatic heterocycles. The molecule has 0 aliphatic rings. The molecule has 158 valence electrons. The van der Waals surface area contributed by atoms with Crippen LogP contribution >= 0.6 is 0 Å². The second-order valence-corrected chi connectivity index (χ2v) is 8.21. The lowest BCUT2D eigenvalue weighted by molar-refractivity contribution is 1.07. The molecule has 0 spiro atoms. The summed E-state index contributed by atoms with van der Waals surface area (Å²) in [6, 6.07) is 27.1. The van der Waals surface area contributed by atoms with Crippen molar-refractivity contribution in [2.75, 3.05) is 0 Å². The second kappa shape index (κ2) is 7.39. The van der Waals surface area contributed by atoms with E-state index in [9.17, 15) is 0 Å². The summed E-state index contributed by atoms with van der Waals surface area (Å²) in [5, 5.41) is 8.07. The summed E-state index contributed by atoms with van der Waals surface area (Å²) in [6.07, 6.45) is 6.94. The largest absolute Gasteiger partial charge is 0.265 e. The van der Waals surface area contributed by atoms with Gasteiger partial charge >= 0.3 is 0 Å². The smallest absolute Gasteiger partial charge is 0.164 e. The van der Waals surface area contributed by atoms with Gasteiger partial charge in [-0.1, -0.05) is 54.6 Å². The highest BCUT2D eigenvalue weighted by atomic mass is 15.0. The molecule has 0 aliphatic carbocycles. The lowest BCUT2D eigenvalue weighted by Crippen LogP contribution is -1.97. The van der Waals surface area contributed by atoms with Crippen molar-refractivity contribution in [3.63, 3.8) is 0 Å². The average Bonchev–Trinajstić information content (AvgIpc) is 2.93. The lowest BCUT2D eigenvalue weighted by Gasteiger charge is -2.15. The number of aromatic nitrogens is 5. The van der Waals surface area contributed by atoms with Crippen LogP contribution in [0, 0.1) is 0 Å². The van der Waals surface area contributed by atoms with Crippen molar-refractivity contribution in [1.82, 2.24) is 24.9 Å². The van der Waals surface area contributed by atoms with Gasteiger partial charge < -0.3 is 0 Å². The van der Waals surface area contributed by atoms with Gasteiger partial charge in [0.2, 0.25) is 0 Å². The first-order valence-electron chi connectivity index (χ1n) is 11.1. The molecule has 7 rings (SSSR count). The van der Waals surface area contributed by atoms with Crippen molar-refractivity contribution in [1.29, 1.82) is 0 Å². The van der Waals surface area contributed by atoms with Crippen LogP contribution < -0.4 is 0 Å². The fraction of sp³-hybridized carbons (Fsp3) is 0. The predicted molar refractivity (Wildman–Crippen MR) is 136 cm³/mol. The maximum absolute atomic E-state index is 4.85. The molecule has 0 radical (unpaired) electrons. The molecule has 34 heavy (non-hydrogen) atoms. The van der Waals surface area contributed by atoms with E-state index >= 15 is 0 Å². The highest BCUT2D eigenvalue weighted by Gasteiger charge is 2.17. The number of hydrogen-bond donors (Lipinski definition) is 0. The first-order valence-corrected chi connectivity index (χ1v) is 11.1. The van der Waals surface area contributed by atoms with E-state index in [-0.39, 0.29) is 0 Å². The summed E-state index contributed by atoms with van der Waals surface area (Å²) in [6.45, 7) is 0. The lowest BCUT2D eigenvalue weighted by atomic mass is 9.90. The van der Waals surface area contributed by atoms with Crippen molar-refractivity contribution in [3.8, 4) is 22.8 Å². The minimum atomic E-state index is 0.629. The van der Waals surface area contributed by atoms with Crippen LogP contribution in [0.25, 0.3) is 66.0 Å². The first kappa shape index (κ1) is 18.8. The Bertz CT molecular complexity index is 1860. The summed E-state index contributed by atoms with van der Waals surface area (Å²) < 4.78 is 0. The molecule has 5 heteroatoms. The van der Waals surface area contributed by atoms with E-state index in [1.54, 1.807) is 18.7 Å². The molecule has 0 bridgehead atoms. The van der Waals surface area contributed by atoms with Gasteiger partial charge in [-0.15, -0.1) is 0 Å². The van der Waals surface area contributed by atoms with Crippen LogP contribution in [-0.4, -0.2) is 24.9 Å². The molecular weight excluding hydrogens is 418 g/mol. The van der Waals surface area contributed by atoms with Crippen LogP contribution in [0.2, 0.25) is 0 Å². The molecule has 0 unspecified atom stereocenters. The number of fused-ring (bicyclic) bond motifs is 8.